The van der Waals surface area contributed by atoms with Crippen LogP contribution in [0.2, 0.25) is 0 Å². The standard InChI is InChI=1S/C18H30N4O2/c1-18(2,3)24-17(23)21-13-14(12-19)15-8-7-9-20-16(15)22-10-5-4-6-11-22/h7-9,14H,4-6,10-13,19H2,1-3H3,(H,21,23). The molecule has 1 aliphatic rings. The van der Waals surface area contributed by atoms with E-state index in [1.54, 1.807) is 0 Å². The molecule has 0 radical (unpaired) electrons. The summed E-state index contributed by atoms with van der Waals surface area (Å²) in [6, 6.07) is 3.99. The highest BCUT2D eigenvalue weighted by atomic mass is 16.6. The quantitative estimate of drug-likeness (QED) is 0.865. The van der Waals surface area contributed by atoms with Crippen LogP contribution in [0.5, 0.6) is 0 Å². The van der Waals surface area contributed by atoms with Crippen LogP contribution in [0, 0.1) is 0 Å². The fraction of sp³-hybridized carbons (Fsp3) is 0.667. The van der Waals surface area contributed by atoms with Gasteiger partial charge in [-0.3, -0.25) is 0 Å². The van der Waals surface area contributed by atoms with E-state index < -0.39 is 11.7 Å². The molecule has 1 aromatic heterocycles. The van der Waals surface area contributed by atoms with Gasteiger partial charge in [-0.2, -0.15) is 0 Å². The molecule has 1 aliphatic heterocycles. The summed E-state index contributed by atoms with van der Waals surface area (Å²) in [6.07, 6.45) is 5.07. The first-order chi connectivity index (χ1) is 11.4. The van der Waals surface area contributed by atoms with Crippen molar-refractivity contribution >= 4 is 11.9 Å². The zero-order valence-electron chi connectivity index (χ0n) is 15.0. The molecular weight excluding hydrogens is 304 g/mol. The van der Waals surface area contributed by atoms with Crippen molar-refractivity contribution in [1.82, 2.24) is 10.3 Å². The number of aromatic nitrogens is 1. The molecule has 0 spiro atoms. The second-order valence-corrected chi connectivity index (χ2v) is 7.28. The Balaban J connectivity index is 2.06. The summed E-state index contributed by atoms with van der Waals surface area (Å²) >= 11 is 0. The van der Waals surface area contributed by atoms with Gasteiger partial charge in [-0.25, -0.2) is 9.78 Å². The van der Waals surface area contributed by atoms with E-state index in [2.05, 4.69) is 21.3 Å². The van der Waals surface area contributed by atoms with Gasteiger partial charge in [-0.15, -0.1) is 0 Å². The van der Waals surface area contributed by atoms with Crippen molar-refractivity contribution in [3.63, 3.8) is 0 Å². The molecule has 0 saturated carbocycles. The molecule has 1 atom stereocenters. The average molecular weight is 334 g/mol. The van der Waals surface area contributed by atoms with Crippen LogP contribution in [-0.4, -0.2) is 42.9 Å². The summed E-state index contributed by atoms with van der Waals surface area (Å²) in [5.74, 6) is 1.02. The Morgan fingerprint density at radius 1 is 1.38 bits per heavy atom. The van der Waals surface area contributed by atoms with Crippen LogP contribution < -0.4 is 16.0 Å². The predicted octanol–water partition coefficient (Wildman–Crippen LogP) is 2.64. The lowest BCUT2D eigenvalue weighted by atomic mass is 9.98. The third-order valence-electron chi connectivity index (χ3n) is 4.09. The first kappa shape index (κ1) is 18.5. The average Bonchev–Trinajstić information content (AvgIpc) is 2.55. The highest BCUT2D eigenvalue weighted by Crippen LogP contribution is 2.27. The van der Waals surface area contributed by atoms with Crippen LogP contribution in [0.25, 0.3) is 0 Å². The van der Waals surface area contributed by atoms with E-state index in [0.29, 0.717) is 13.1 Å². The van der Waals surface area contributed by atoms with Crippen LogP contribution in [0.4, 0.5) is 10.6 Å². The lowest BCUT2D eigenvalue weighted by Gasteiger charge is -2.31. The number of alkyl carbamates (subject to hydrolysis) is 1. The summed E-state index contributed by atoms with van der Waals surface area (Å²) in [7, 11) is 0. The van der Waals surface area contributed by atoms with E-state index >= 15 is 0 Å². The van der Waals surface area contributed by atoms with E-state index in [0.717, 1.165) is 24.5 Å². The highest BCUT2D eigenvalue weighted by Gasteiger charge is 2.22. The first-order valence-corrected chi connectivity index (χ1v) is 8.77. The minimum atomic E-state index is -0.504. The Hall–Kier alpha value is -1.82. The van der Waals surface area contributed by atoms with Crippen LogP contribution >= 0.6 is 0 Å². The fourth-order valence-corrected chi connectivity index (χ4v) is 2.94. The van der Waals surface area contributed by atoms with Crippen LogP contribution in [0.1, 0.15) is 51.5 Å². The van der Waals surface area contributed by atoms with Gasteiger partial charge >= 0.3 is 6.09 Å². The second-order valence-electron chi connectivity index (χ2n) is 7.28. The van der Waals surface area contributed by atoms with Crippen molar-refractivity contribution in [2.24, 2.45) is 5.73 Å². The van der Waals surface area contributed by atoms with E-state index in [4.69, 9.17) is 10.5 Å². The molecule has 1 saturated heterocycles. The summed E-state index contributed by atoms with van der Waals surface area (Å²) < 4.78 is 5.30. The maximum atomic E-state index is 11.9. The predicted molar refractivity (Wildman–Crippen MR) is 96.3 cm³/mol. The summed E-state index contributed by atoms with van der Waals surface area (Å²) in [6.45, 7) is 8.50. The van der Waals surface area contributed by atoms with Gasteiger partial charge in [0.1, 0.15) is 11.4 Å². The number of rotatable bonds is 5. The summed E-state index contributed by atoms with van der Waals surface area (Å²) in [5, 5.41) is 2.83. The molecule has 0 aromatic carbocycles. The molecule has 0 aliphatic carbocycles. The van der Waals surface area contributed by atoms with Crippen molar-refractivity contribution in [1.29, 1.82) is 0 Å². The number of carbonyl (C=O) groups is 1. The number of anilines is 1. The number of carbonyl (C=O) groups excluding carboxylic acids is 1. The van der Waals surface area contributed by atoms with E-state index in [9.17, 15) is 4.79 Å². The largest absolute Gasteiger partial charge is 0.444 e. The Morgan fingerprint density at radius 2 is 2.08 bits per heavy atom. The van der Waals surface area contributed by atoms with Gasteiger partial charge in [-0.05, 0) is 46.1 Å². The number of piperidine rings is 1. The second kappa shape index (κ2) is 8.33. The molecule has 1 amide bonds. The smallest absolute Gasteiger partial charge is 0.407 e. The van der Waals surface area contributed by atoms with Crippen molar-refractivity contribution in [2.45, 2.75) is 51.6 Å². The Bertz CT molecular complexity index is 536. The Morgan fingerprint density at radius 3 is 2.71 bits per heavy atom. The van der Waals surface area contributed by atoms with Gasteiger partial charge in [0.25, 0.3) is 0 Å². The summed E-state index contributed by atoms with van der Waals surface area (Å²) in [5.41, 5.74) is 6.57. The Labute approximate surface area is 144 Å². The molecule has 6 heteroatoms. The van der Waals surface area contributed by atoms with E-state index in [-0.39, 0.29) is 5.92 Å². The van der Waals surface area contributed by atoms with E-state index in [1.807, 2.05) is 33.0 Å². The van der Waals surface area contributed by atoms with Crippen LogP contribution in [0.3, 0.4) is 0 Å². The number of pyridine rings is 1. The number of hydrogen-bond acceptors (Lipinski definition) is 5. The Kier molecular flexibility index (Phi) is 6.43. The lowest BCUT2D eigenvalue weighted by Crippen LogP contribution is -2.37. The molecule has 0 bridgehead atoms. The van der Waals surface area contributed by atoms with Crippen molar-refractivity contribution < 1.29 is 9.53 Å². The topological polar surface area (TPSA) is 80.5 Å². The van der Waals surface area contributed by atoms with Gasteiger partial charge in [0.15, 0.2) is 0 Å². The van der Waals surface area contributed by atoms with Gasteiger partial charge in [0.05, 0.1) is 0 Å². The molecule has 1 unspecified atom stereocenters. The van der Waals surface area contributed by atoms with E-state index in [1.165, 1.54) is 19.3 Å². The summed E-state index contributed by atoms with van der Waals surface area (Å²) in [4.78, 5) is 18.8. The molecular formula is C18H30N4O2. The fourth-order valence-electron chi connectivity index (χ4n) is 2.94. The zero-order valence-corrected chi connectivity index (χ0v) is 15.0. The van der Waals surface area contributed by atoms with Gasteiger partial charge in [0.2, 0.25) is 0 Å². The SMILES string of the molecule is CC(C)(C)OC(=O)NCC(CN)c1cccnc1N1CCCCC1. The number of hydrogen-bond donors (Lipinski definition) is 2. The minimum absolute atomic E-state index is 0.0168. The zero-order chi connectivity index (χ0) is 17.6. The van der Waals surface area contributed by atoms with Gasteiger partial charge in [-0.1, -0.05) is 6.07 Å². The molecule has 1 aromatic rings. The highest BCUT2D eigenvalue weighted by molar-refractivity contribution is 5.67. The van der Waals surface area contributed by atoms with Crippen LogP contribution in [0.15, 0.2) is 18.3 Å². The molecule has 1 fully saturated rings. The third-order valence-corrected chi connectivity index (χ3v) is 4.09. The molecule has 3 N–H and O–H groups in total. The number of nitrogens with one attached hydrogen (secondary N) is 1. The van der Waals surface area contributed by atoms with Gasteiger partial charge in [0, 0.05) is 43.9 Å². The van der Waals surface area contributed by atoms with Crippen molar-refractivity contribution in [3.05, 3.63) is 23.9 Å². The van der Waals surface area contributed by atoms with Gasteiger partial charge < -0.3 is 20.7 Å². The van der Waals surface area contributed by atoms with Crippen molar-refractivity contribution in [3.8, 4) is 0 Å². The number of nitrogens with two attached hydrogens (primary N) is 1. The monoisotopic (exact) mass is 334 g/mol. The number of nitrogens with zero attached hydrogens (tertiary/aromatic N) is 2. The maximum absolute atomic E-state index is 11.9. The maximum Gasteiger partial charge on any atom is 0.407 e. The molecule has 24 heavy (non-hydrogen) atoms. The number of ether oxygens (including phenoxy) is 1. The molecule has 2 heterocycles. The lowest BCUT2D eigenvalue weighted by molar-refractivity contribution is 0.0525. The molecule has 134 valence electrons. The molecule has 6 nitrogen and oxygen atoms in total. The third kappa shape index (κ3) is 5.37. The number of amides is 1. The minimum Gasteiger partial charge on any atom is -0.444 e. The first-order valence-electron chi connectivity index (χ1n) is 8.77. The van der Waals surface area contributed by atoms with Crippen molar-refractivity contribution in [2.75, 3.05) is 31.1 Å². The normalized spacial score (nSPS) is 16.6. The molecule has 2 rings (SSSR count). The van der Waals surface area contributed by atoms with Crippen LogP contribution in [-0.2, 0) is 4.74 Å².